The first kappa shape index (κ1) is 13.5. The van der Waals surface area contributed by atoms with Gasteiger partial charge in [-0.15, -0.1) is 11.3 Å². The summed E-state index contributed by atoms with van der Waals surface area (Å²) in [5.41, 5.74) is 1.53. The molecule has 106 valence electrons. The fourth-order valence-corrected chi connectivity index (χ4v) is 3.75. The van der Waals surface area contributed by atoms with Crippen molar-refractivity contribution in [3.8, 4) is 0 Å². The van der Waals surface area contributed by atoms with E-state index in [2.05, 4.69) is 41.4 Å². The Hall–Kier alpha value is -0.450. The molecule has 1 aromatic heterocycles. The van der Waals surface area contributed by atoms with Gasteiger partial charge in [-0.05, 0) is 39.0 Å². The summed E-state index contributed by atoms with van der Waals surface area (Å²) in [6.07, 6.45) is 4.03. The summed E-state index contributed by atoms with van der Waals surface area (Å²) in [5.74, 6) is 0.925. The van der Waals surface area contributed by atoms with E-state index in [4.69, 9.17) is 0 Å². The van der Waals surface area contributed by atoms with Gasteiger partial charge in [0.25, 0.3) is 0 Å². The standard InChI is InChI=1S/C15H25N3S/c1-4-15(3)10-18(8-13-9-19-11(2)17-13)14(7-16-15)12-5-6-12/h9,12,14,16H,4-8,10H2,1-3H3. The third-order valence-electron chi connectivity index (χ3n) is 4.74. The summed E-state index contributed by atoms with van der Waals surface area (Å²) in [4.78, 5) is 7.34. The maximum atomic E-state index is 4.65. The van der Waals surface area contributed by atoms with E-state index in [0.717, 1.165) is 31.6 Å². The predicted octanol–water partition coefficient (Wildman–Crippen LogP) is 2.80. The highest BCUT2D eigenvalue weighted by Gasteiger charge is 2.41. The number of hydrogen-bond acceptors (Lipinski definition) is 4. The average molecular weight is 279 g/mol. The SMILES string of the molecule is CCC1(C)CN(Cc2csc(C)n2)C(C2CC2)CN1. The molecular weight excluding hydrogens is 254 g/mol. The largest absolute Gasteiger partial charge is 0.309 e. The molecule has 0 amide bonds. The van der Waals surface area contributed by atoms with Crippen LogP contribution in [0.15, 0.2) is 5.38 Å². The van der Waals surface area contributed by atoms with Crippen LogP contribution in [0.3, 0.4) is 0 Å². The lowest BCUT2D eigenvalue weighted by Crippen LogP contribution is -2.62. The van der Waals surface area contributed by atoms with E-state index >= 15 is 0 Å². The first-order chi connectivity index (χ1) is 9.09. The van der Waals surface area contributed by atoms with Crippen molar-refractivity contribution in [1.82, 2.24) is 15.2 Å². The molecule has 2 unspecified atom stereocenters. The van der Waals surface area contributed by atoms with Crippen LogP contribution in [0.4, 0.5) is 0 Å². The van der Waals surface area contributed by atoms with E-state index in [1.807, 2.05) is 0 Å². The summed E-state index contributed by atoms with van der Waals surface area (Å²) in [6.45, 7) is 10.1. The first-order valence-corrected chi connectivity index (χ1v) is 8.38. The van der Waals surface area contributed by atoms with Crippen LogP contribution in [-0.2, 0) is 6.54 Å². The van der Waals surface area contributed by atoms with Gasteiger partial charge in [0.1, 0.15) is 0 Å². The molecule has 0 bridgehead atoms. The third-order valence-corrected chi connectivity index (χ3v) is 5.56. The van der Waals surface area contributed by atoms with Crippen LogP contribution in [0.25, 0.3) is 0 Å². The van der Waals surface area contributed by atoms with Gasteiger partial charge >= 0.3 is 0 Å². The predicted molar refractivity (Wildman–Crippen MR) is 80.5 cm³/mol. The number of nitrogens with one attached hydrogen (secondary N) is 1. The Morgan fingerprint density at radius 3 is 2.89 bits per heavy atom. The molecule has 19 heavy (non-hydrogen) atoms. The Kier molecular flexibility index (Phi) is 3.67. The first-order valence-electron chi connectivity index (χ1n) is 7.50. The number of nitrogens with zero attached hydrogens (tertiary/aromatic N) is 2. The second-order valence-electron chi connectivity index (χ2n) is 6.46. The minimum atomic E-state index is 0.274. The molecule has 2 aliphatic rings. The number of rotatable bonds is 4. The van der Waals surface area contributed by atoms with Crippen molar-refractivity contribution in [2.24, 2.45) is 5.92 Å². The van der Waals surface area contributed by atoms with Gasteiger partial charge in [-0.2, -0.15) is 0 Å². The molecule has 3 rings (SSSR count). The smallest absolute Gasteiger partial charge is 0.0897 e. The van der Waals surface area contributed by atoms with Gasteiger partial charge in [-0.1, -0.05) is 6.92 Å². The van der Waals surface area contributed by atoms with Crippen molar-refractivity contribution >= 4 is 11.3 Å². The third kappa shape index (κ3) is 3.01. The highest BCUT2D eigenvalue weighted by Crippen LogP contribution is 2.38. The van der Waals surface area contributed by atoms with Crippen molar-refractivity contribution in [2.75, 3.05) is 13.1 Å². The van der Waals surface area contributed by atoms with Crippen LogP contribution in [0, 0.1) is 12.8 Å². The maximum absolute atomic E-state index is 4.65. The zero-order valence-electron chi connectivity index (χ0n) is 12.3. The molecule has 1 saturated carbocycles. The van der Waals surface area contributed by atoms with Gasteiger partial charge in [0.05, 0.1) is 10.7 Å². The quantitative estimate of drug-likeness (QED) is 0.918. The van der Waals surface area contributed by atoms with Gasteiger partial charge in [0.15, 0.2) is 0 Å². The Balaban J connectivity index is 1.73. The average Bonchev–Trinajstić information content (AvgIpc) is 3.14. The number of hydrogen-bond donors (Lipinski definition) is 1. The summed E-state index contributed by atoms with van der Waals surface area (Å²) in [5, 5.41) is 7.19. The number of aromatic nitrogens is 1. The van der Waals surface area contributed by atoms with E-state index in [1.54, 1.807) is 11.3 Å². The van der Waals surface area contributed by atoms with E-state index in [0.29, 0.717) is 0 Å². The zero-order chi connectivity index (χ0) is 13.5. The van der Waals surface area contributed by atoms with Crippen LogP contribution in [0.2, 0.25) is 0 Å². The zero-order valence-corrected chi connectivity index (χ0v) is 13.1. The van der Waals surface area contributed by atoms with E-state index in [9.17, 15) is 0 Å². The van der Waals surface area contributed by atoms with Gasteiger partial charge in [0.2, 0.25) is 0 Å². The second kappa shape index (κ2) is 5.15. The molecule has 2 atom stereocenters. The van der Waals surface area contributed by atoms with Gasteiger partial charge < -0.3 is 5.32 Å². The number of thiazole rings is 1. The molecule has 0 aromatic carbocycles. The van der Waals surface area contributed by atoms with Crippen LogP contribution in [-0.4, -0.2) is 34.6 Å². The Morgan fingerprint density at radius 1 is 1.53 bits per heavy atom. The number of aryl methyl sites for hydroxylation is 1. The lowest BCUT2D eigenvalue weighted by Gasteiger charge is -2.46. The van der Waals surface area contributed by atoms with E-state index < -0.39 is 0 Å². The molecule has 1 aliphatic carbocycles. The van der Waals surface area contributed by atoms with E-state index in [-0.39, 0.29) is 5.54 Å². The molecule has 1 N–H and O–H groups in total. The van der Waals surface area contributed by atoms with E-state index in [1.165, 1.54) is 30.0 Å². The van der Waals surface area contributed by atoms with Crippen LogP contribution < -0.4 is 5.32 Å². The molecule has 1 aliphatic heterocycles. The fourth-order valence-electron chi connectivity index (χ4n) is 3.15. The molecule has 3 nitrogen and oxygen atoms in total. The highest BCUT2D eigenvalue weighted by atomic mass is 32.1. The van der Waals surface area contributed by atoms with Crippen LogP contribution in [0.1, 0.15) is 43.8 Å². The molecule has 2 fully saturated rings. The number of piperazine rings is 1. The molecule has 0 radical (unpaired) electrons. The van der Waals surface area contributed by atoms with Gasteiger partial charge in [-0.3, -0.25) is 4.90 Å². The fraction of sp³-hybridized carbons (Fsp3) is 0.800. The van der Waals surface area contributed by atoms with Crippen molar-refractivity contribution in [1.29, 1.82) is 0 Å². The second-order valence-corrected chi connectivity index (χ2v) is 7.52. The van der Waals surface area contributed by atoms with Crippen LogP contribution in [0.5, 0.6) is 0 Å². The summed E-state index contributed by atoms with van der Waals surface area (Å²) in [6, 6.07) is 0.724. The monoisotopic (exact) mass is 279 g/mol. The minimum absolute atomic E-state index is 0.274. The molecular formula is C15H25N3S. The maximum Gasteiger partial charge on any atom is 0.0897 e. The van der Waals surface area contributed by atoms with Gasteiger partial charge in [-0.25, -0.2) is 4.98 Å². The summed E-state index contributed by atoms with van der Waals surface area (Å²) in [7, 11) is 0. The van der Waals surface area contributed by atoms with Crippen molar-refractivity contribution in [2.45, 2.75) is 58.2 Å². The lowest BCUT2D eigenvalue weighted by atomic mass is 9.92. The van der Waals surface area contributed by atoms with Crippen molar-refractivity contribution in [3.05, 3.63) is 16.1 Å². The lowest BCUT2D eigenvalue weighted by molar-refractivity contribution is 0.0653. The Labute approximate surface area is 120 Å². The molecule has 4 heteroatoms. The van der Waals surface area contributed by atoms with Crippen molar-refractivity contribution in [3.63, 3.8) is 0 Å². The Morgan fingerprint density at radius 2 is 2.32 bits per heavy atom. The normalized spacial score (nSPS) is 32.7. The highest BCUT2D eigenvalue weighted by molar-refractivity contribution is 7.09. The van der Waals surface area contributed by atoms with Crippen LogP contribution >= 0.6 is 11.3 Å². The minimum Gasteiger partial charge on any atom is -0.309 e. The van der Waals surface area contributed by atoms with Crippen molar-refractivity contribution < 1.29 is 0 Å². The molecule has 1 saturated heterocycles. The molecule has 1 aromatic rings. The molecule has 0 spiro atoms. The summed E-state index contributed by atoms with van der Waals surface area (Å²) < 4.78 is 0. The Bertz CT molecular complexity index is 440. The molecule has 2 heterocycles. The topological polar surface area (TPSA) is 28.2 Å². The summed E-state index contributed by atoms with van der Waals surface area (Å²) >= 11 is 1.77. The van der Waals surface area contributed by atoms with Gasteiger partial charge in [0, 0.05) is 36.6 Å².